The van der Waals surface area contributed by atoms with Gasteiger partial charge < -0.3 is 20.4 Å². The number of thioether (sulfide) groups is 2. The Labute approximate surface area is 121 Å². The average molecular weight is 304 g/mol. The predicted molar refractivity (Wildman–Crippen MR) is 80.1 cm³/mol. The lowest BCUT2D eigenvalue weighted by Crippen LogP contribution is -2.14. The zero-order valence-corrected chi connectivity index (χ0v) is 12.2. The van der Waals surface area contributed by atoms with Crippen LogP contribution in [0, 0.1) is 0 Å². The van der Waals surface area contributed by atoms with Crippen LogP contribution in [0.3, 0.4) is 0 Å². The van der Waals surface area contributed by atoms with Gasteiger partial charge in [0.15, 0.2) is 6.29 Å². The summed E-state index contributed by atoms with van der Waals surface area (Å²) in [6.07, 6.45) is -1.90. The molecule has 0 spiro atoms. The van der Waals surface area contributed by atoms with Gasteiger partial charge in [0.2, 0.25) is 0 Å². The highest BCUT2D eigenvalue weighted by Crippen LogP contribution is 2.17. The zero-order valence-electron chi connectivity index (χ0n) is 10.6. The average Bonchev–Trinajstić information content (AvgIpc) is 2.40. The van der Waals surface area contributed by atoms with E-state index in [1.807, 2.05) is 24.3 Å². The van der Waals surface area contributed by atoms with E-state index in [0.29, 0.717) is 11.5 Å². The van der Waals surface area contributed by atoms with Crippen molar-refractivity contribution >= 4 is 23.5 Å². The highest BCUT2D eigenvalue weighted by molar-refractivity contribution is 7.98. The second-order valence-corrected chi connectivity index (χ2v) is 6.22. The molecular weight excluding hydrogens is 284 g/mol. The molecule has 0 amide bonds. The summed E-state index contributed by atoms with van der Waals surface area (Å²) in [7, 11) is 0. The Morgan fingerprint density at radius 2 is 1.32 bits per heavy atom. The van der Waals surface area contributed by atoms with Crippen LogP contribution in [-0.4, -0.2) is 50.9 Å². The van der Waals surface area contributed by atoms with Crippen LogP contribution in [0.2, 0.25) is 0 Å². The van der Waals surface area contributed by atoms with Crippen molar-refractivity contribution < 1.29 is 20.4 Å². The van der Waals surface area contributed by atoms with Crippen LogP contribution in [0.15, 0.2) is 24.3 Å². The molecule has 0 aromatic heterocycles. The maximum absolute atomic E-state index is 9.21. The maximum atomic E-state index is 9.21. The van der Waals surface area contributed by atoms with Gasteiger partial charge >= 0.3 is 0 Å². The summed E-state index contributed by atoms with van der Waals surface area (Å²) >= 11 is 3.06. The van der Waals surface area contributed by atoms with Crippen molar-refractivity contribution in [2.24, 2.45) is 0 Å². The molecule has 0 fully saturated rings. The molecule has 0 heterocycles. The first-order chi connectivity index (χ1) is 9.11. The SMILES string of the molecule is OCC(O)CSCc1ccc(CSCC(O)O)cc1. The maximum Gasteiger partial charge on any atom is 0.160 e. The van der Waals surface area contributed by atoms with Crippen LogP contribution in [0.25, 0.3) is 0 Å². The fraction of sp³-hybridized carbons (Fsp3) is 0.538. The van der Waals surface area contributed by atoms with Gasteiger partial charge in [-0.25, -0.2) is 0 Å². The standard InChI is InChI=1S/C13H20O4S2/c14-5-12(15)8-18-6-10-1-3-11(4-2-10)7-19-9-13(16)17/h1-4,12-17H,5-9H2. The topological polar surface area (TPSA) is 80.9 Å². The number of hydrogen-bond donors (Lipinski definition) is 4. The molecule has 108 valence electrons. The van der Waals surface area contributed by atoms with E-state index >= 15 is 0 Å². The summed E-state index contributed by atoms with van der Waals surface area (Å²) in [5.41, 5.74) is 2.32. The predicted octanol–water partition coefficient (Wildman–Crippen LogP) is 0.817. The molecule has 0 aliphatic rings. The number of benzene rings is 1. The fourth-order valence-corrected chi connectivity index (χ4v) is 3.06. The molecule has 6 heteroatoms. The molecule has 1 rings (SSSR count). The minimum atomic E-state index is -1.25. The number of aliphatic hydroxyl groups excluding tert-OH is 3. The second-order valence-electron chi connectivity index (χ2n) is 4.16. The van der Waals surface area contributed by atoms with Crippen molar-refractivity contribution in [2.75, 3.05) is 18.1 Å². The van der Waals surface area contributed by atoms with Crippen molar-refractivity contribution in [3.8, 4) is 0 Å². The van der Waals surface area contributed by atoms with Crippen LogP contribution in [0.1, 0.15) is 11.1 Å². The van der Waals surface area contributed by atoms with Gasteiger partial charge in [-0.05, 0) is 11.1 Å². The first-order valence-electron chi connectivity index (χ1n) is 6.00. The summed E-state index contributed by atoms with van der Waals surface area (Å²) < 4.78 is 0. The first-order valence-corrected chi connectivity index (χ1v) is 8.31. The minimum absolute atomic E-state index is 0.195. The van der Waals surface area contributed by atoms with Crippen molar-refractivity contribution in [3.05, 3.63) is 35.4 Å². The largest absolute Gasteiger partial charge is 0.394 e. The summed E-state index contributed by atoms with van der Waals surface area (Å²) in [6, 6.07) is 8.11. The van der Waals surface area contributed by atoms with E-state index in [-0.39, 0.29) is 6.61 Å². The van der Waals surface area contributed by atoms with Gasteiger partial charge in [0.05, 0.1) is 12.7 Å². The Kier molecular flexibility index (Phi) is 8.52. The smallest absolute Gasteiger partial charge is 0.160 e. The molecule has 0 saturated carbocycles. The molecule has 1 aromatic carbocycles. The van der Waals surface area contributed by atoms with E-state index in [0.717, 1.165) is 17.1 Å². The molecule has 0 aliphatic carbocycles. The van der Waals surface area contributed by atoms with Crippen LogP contribution in [0.5, 0.6) is 0 Å². The van der Waals surface area contributed by atoms with E-state index in [2.05, 4.69) is 0 Å². The van der Waals surface area contributed by atoms with Crippen LogP contribution in [0.4, 0.5) is 0 Å². The van der Waals surface area contributed by atoms with Gasteiger partial charge in [0, 0.05) is 23.0 Å². The number of rotatable bonds is 9. The molecule has 1 atom stereocenters. The third-order valence-electron chi connectivity index (χ3n) is 2.35. The molecule has 1 unspecified atom stereocenters. The molecular formula is C13H20O4S2. The van der Waals surface area contributed by atoms with Gasteiger partial charge in [-0.15, -0.1) is 0 Å². The molecule has 0 radical (unpaired) electrons. The Balaban J connectivity index is 2.27. The fourth-order valence-electron chi connectivity index (χ4n) is 1.38. The van der Waals surface area contributed by atoms with Crippen LogP contribution >= 0.6 is 23.5 Å². The monoisotopic (exact) mass is 304 g/mol. The highest BCUT2D eigenvalue weighted by atomic mass is 32.2. The Bertz CT molecular complexity index is 343. The van der Waals surface area contributed by atoms with Crippen molar-refractivity contribution in [1.82, 2.24) is 0 Å². The van der Waals surface area contributed by atoms with E-state index in [4.69, 9.17) is 15.3 Å². The van der Waals surface area contributed by atoms with Crippen molar-refractivity contribution in [2.45, 2.75) is 23.9 Å². The molecule has 0 saturated heterocycles. The van der Waals surface area contributed by atoms with Crippen LogP contribution < -0.4 is 0 Å². The van der Waals surface area contributed by atoms with Crippen molar-refractivity contribution in [1.29, 1.82) is 0 Å². The van der Waals surface area contributed by atoms with E-state index < -0.39 is 12.4 Å². The molecule has 1 aromatic rings. The second kappa shape index (κ2) is 9.63. The quantitative estimate of drug-likeness (QED) is 0.506. The van der Waals surface area contributed by atoms with Gasteiger partial charge in [0.1, 0.15) is 0 Å². The molecule has 4 N–H and O–H groups in total. The number of aliphatic hydroxyl groups is 4. The molecule has 0 aliphatic heterocycles. The Morgan fingerprint density at radius 1 is 0.842 bits per heavy atom. The Hall–Kier alpha value is -0.240. The van der Waals surface area contributed by atoms with Crippen molar-refractivity contribution in [3.63, 3.8) is 0 Å². The zero-order chi connectivity index (χ0) is 14.1. The van der Waals surface area contributed by atoms with Gasteiger partial charge in [-0.3, -0.25) is 0 Å². The summed E-state index contributed by atoms with van der Waals surface area (Å²) in [5.74, 6) is 2.41. The lowest BCUT2D eigenvalue weighted by Gasteiger charge is -2.07. The van der Waals surface area contributed by atoms with Gasteiger partial charge in [0.25, 0.3) is 0 Å². The summed E-state index contributed by atoms with van der Waals surface area (Å²) in [4.78, 5) is 0. The molecule has 4 nitrogen and oxygen atoms in total. The summed E-state index contributed by atoms with van der Waals surface area (Å²) in [5, 5.41) is 35.4. The van der Waals surface area contributed by atoms with E-state index in [9.17, 15) is 5.11 Å². The van der Waals surface area contributed by atoms with Crippen LogP contribution in [-0.2, 0) is 11.5 Å². The van der Waals surface area contributed by atoms with E-state index in [1.54, 1.807) is 11.8 Å². The normalized spacial score (nSPS) is 12.9. The lowest BCUT2D eigenvalue weighted by molar-refractivity contribution is -0.0186. The Morgan fingerprint density at radius 3 is 1.74 bits per heavy atom. The highest BCUT2D eigenvalue weighted by Gasteiger charge is 2.03. The molecule has 19 heavy (non-hydrogen) atoms. The molecule has 0 bridgehead atoms. The lowest BCUT2D eigenvalue weighted by atomic mass is 10.2. The third kappa shape index (κ3) is 7.81. The summed E-state index contributed by atoms with van der Waals surface area (Å²) in [6.45, 7) is -0.195. The third-order valence-corrected chi connectivity index (χ3v) is 4.58. The first kappa shape index (κ1) is 16.8. The minimum Gasteiger partial charge on any atom is -0.394 e. The van der Waals surface area contributed by atoms with Gasteiger partial charge in [-0.1, -0.05) is 24.3 Å². The van der Waals surface area contributed by atoms with E-state index in [1.165, 1.54) is 17.3 Å². The number of hydrogen-bond acceptors (Lipinski definition) is 6. The van der Waals surface area contributed by atoms with Gasteiger partial charge in [-0.2, -0.15) is 23.5 Å².